The van der Waals surface area contributed by atoms with Crippen LogP contribution in [-0.4, -0.2) is 36.9 Å². The number of hydrogen-bond acceptors (Lipinski definition) is 4. The predicted octanol–water partition coefficient (Wildman–Crippen LogP) is -1.47. The van der Waals surface area contributed by atoms with E-state index < -0.39 is 0 Å². The number of para-hydroxylation sites is 1. The van der Waals surface area contributed by atoms with Crippen LogP contribution in [0.3, 0.4) is 0 Å². The number of carbonyl (C=O) groups is 1. The molecule has 5 nitrogen and oxygen atoms in total. The summed E-state index contributed by atoms with van der Waals surface area (Å²) in [5.41, 5.74) is 0.886. The summed E-state index contributed by atoms with van der Waals surface area (Å²) >= 11 is 0. The Hall–Kier alpha value is -0.114. The van der Waals surface area contributed by atoms with Gasteiger partial charge < -0.3 is 10.9 Å². The van der Waals surface area contributed by atoms with Gasteiger partial charge in [-0.25, -0.2) is 5.06 Å². The van der Waals surface area contributed by atoms with Crippen molar-refractivity contribution in [2.24, 2.45) is 0 Å². The molecule has 94 valence electrons. The molecule has 0 radical (unpaired) electrons. The summed E-state index contributed by atoms with van der Waals surface area (Å²) in [7, 11) is 3.13. The first-order valence-electron chi connectivity index (χ1n) is 5.37. The zero-order chi connectivity index (χ0) is 12.4. The van der Waals surface area contributed by atoms with E-state index in [0.717, 1.165) is 10.6 Å². The van der Waals surface area contributed by atoms with Crippen molar-refractivity contribution in [1.29, 1.82) is 0 Å². The van der Waals surface area contributed by atoms with Gasteiger partial charge in [0.25, 0.3) is 0 Å². The fraction of sp³-hybridized carbons (Fsp3) is 0.417. The number of rotatable bonds is 3. The molecule has 0 aliphatic carbocycles. The first-order valence-corrected chi connectivity index (χ1v) is 5.37. The molecule has 1 atom stereocenters. The third-order valence-electron chi connectivity index (χ3n) is 2.98. The van der Waals surface area contributed by atoms with E-state index in [1.165, 1.54) is 0 Å². The van der Waals surface area contributed by atoms with Gasteiger partial charge in [-0.15, -0.1) is 0 Å². The van der Waals surface area contributed by atoms with Crippen LogP contribution in [0, 0.1) is 0 Å². The van der Waals surface area contributed by atoms with Gasteiger partial charge in [-0.2, -0.15) is 0 Å². The zero-order valence-corrected chi connectivity index (χ0v) is 14.0. The largest absolute Gasteiger partial charge is 1.00 e. The van der Waals surface area contributed by atoms with Gasteiger partial charge in [0, 0.05) is 17.9 Å². The van der Waals surface area contributed by atoms with Gasteiger partial charge in [-0.1, -0.05) is 12.1 Å². The number of ether oxygens (including phenoxy) is 2. The smallest absolute Gasteiger partial charge is 1.00 e. The van der Waals surface area contributed by atoms with Crippen LogP contribution < -0.4 is 60.9 Å². The summed E-state index contributed by atoms with van der Waals surface area (Å²) in [6, 6.07) is 5.54. The van der Waals surface area contributed by atoms with Crippen molar-refractivity contribution >= 4 is 5.91 Å². The third-order valence-corrected chi connectivity index (χ3v) is 2.98. The number of hydroxylamine groups is 2. The second kappa shape index (κ2) is 6.88. The monoisotopic (exact) mass is 277 g/mol. The maximum absolute atomic E-state index is 11.3. The standard InChI is InChI=1S/C12H15NO4.K.H/c1-16-10-5-3-4-9(12(10)17-2)8-6-11(14)13(15)7-8;;/h3-5,8,15H,6-7H2,1-2H3;;/q;+1;-1. The van der Waals surface area contributed by atoms with E-state index >= 15 is 0 Å². The summed E-state index contributed by atoms with van der Waals surface area (Å²) in [5.74, 6) is 0.939. The molecule has 1 aromatic carbocycles. The molecule has 18 heavy (non-hydrogen) atoms. The van der Waals surface area contributed by atoms with Crippen molar-refractivity contribution in [2.45, 2.75) is 12.3 Å². The Morgan fingerprint density at radius 3 is 2.61 bits per heavy atom. The fourth-order valence-corrected chi connectivity index (χ4v) is 2.13. The molecule has 1 fully saturated rings. The minimum atomic E-state index is -0.264. The van der Waals surface area contributed by atoms with E-state index in [1.54, 1.807) is 20.3 Å². The average molecular weight is 277 g/mol. The molecule has 1 amide bonds. The third kappa shape index (κ3) is 3.07. The van der Waals surface area contributed by atoms with Crippen LogP contribution in [0.25, 0.3) is 0 Å². The summed E-state index contributed by atoms with van der Waals surface area (Å²) in [6.07, 6.45) is 0.292. The van der Waals surface area contributed by atoms with E-state index in [4.69, 9.17) is 9.47 Å². The van der Waals surface area contributed by atoms with Gasteiger partial charge in [0.15, 0.2) is 11.5 Å². The molecular weight excluding hydrogens is 261 g/mol. The molecule has 0 bridgehead atoms. The summed E-state index contributed by atoms with van der Waals surface area (Å²) in [5, 5.41) is 10.1. The quantitative estimate of drug-likeness (QED) is 0.541. The number of nitrogens with zero attached hydrogens (tertiary/aromatic N) is 1. The van der Waals surface area contributed by atoms with E-state index in [1.807, 2.05) is 12.1 Å². The van der Waals surface area contributed by atoms with E-state index in [0.29, 0.717) is 24.5 Å². The number of methoxy groups -OCH3 is 2. The minimum Gasteiger partial charge on any atom is -1.00 e. The molecule has 1 unspecified atom stereocenters. The Balaban J connectivity index is 0.00000162. The SMILES string of the molecule is COc1cccc(C2CC(=O)N(O)C2)c1OC.[H-].[K+]. The van der Waals surface area contributed by atoms with Gasteiger partial charge in [0.1, 0.15) is 0 Å². The maximum atomic E-state index is 11.3. The summed E-state index contributed by atoms with van der Waals surface area (Å²) in [4.78, 5) is 11.3. The molecule has 0 spiro atoms. The number of hydrogen-bond donors (Lipinski definition) is 1. The van der Waals surface area contributed by atoms with Crippen molar-refractivity contribution in [3.63, 3.8) is 0 Å². The number of benzene rings is 1. The molecule has 1 aliphatic heterocycles. The molecule has 1 heterocycles. The second-order valence-electron chi connectivity index (χ2n) is 3.96. The molecule has 6 heteroatoms. The van der Waals surface area contributed by atoms with Crippen LogP contribution in [0.5, 0.6) is 11.5 Å². The van der Waals surface area contributed by atoms with E-state index in [9.17, 15) is 10.0 Å². The van der Waals surface area contributed by atoms with Crippen LogP contribution in [0.2, 0.25) is 0 Å². The molecule has 2 rings (SSSR count). The van der Waals surface area contributed by atoms with Crippen molar-refractivity contribution in [1.82, 2.24) is 5.06 Å². The van der Waals surface area contributed by atoms with E-state index in [-0.39, 0.29) is 64.6 Å². The molecule has 0 aromatic heterocycles. The van der Waals surface area contributed by atoms with Gasteiger partial charge >= 0.3 is 51.4 Å². The van der Waals surface area contributed by atoms with E-state index in [2.05, 4.69) is 0 Å². The average Bonchev–Trinajstić information content (AvgIpc) is 2.68. The Morgan fingerprint density at radius 1 is 1.39 bits per heavy atom. The Labute approximate surface area is 150 Å². The number of carbonyl (C=O) groups excluding carboxylic acids is 1. The Bertz CT molecular complexity index is 444. The van der Waals surface area contributed by atoms with Crippen LogP contribution in [-0.2, 0) is 4.79 Å². The summed E-state index contributed by atoms with van der Waals surface area (Å²) < 4.78 is 10.5. The first-order chi connectivity index (χ1) is 8.17. The van der Waals surface area contributed by atoms with Crippen LogP contribution >= 0.6 is 0 Å². The zero-order valence-electron chi connectivity index (χ0n) is 11.8. The predicted molar refractivity (Wildman–Crippen MR) is 61.5 cm³/mol. The molecule has 1 saturated heterocycles. The van der Waals surface area contributed by atoms with Gasteiger partial charge in [-0.05, 0) is 6.07 Å². The molecule has 1 aliphatic rings. The normalized spacial score (nSPS) is 18.5. The second-order valence-corrected chi connectivity index (χ2v) is 3.96. The molecule has 0 saturated carbocycles. The Kier molecular flexibility index (Phi) is 6.09. The Morgan fingerprint density at radius 2 is 2.11 bits per heavy atom. The first kappa shape index (κ1) is 15.9. The van der Waals surface area contributed by atoms with Gasteiger partial charge in [-0.3, -0.25) is 10.0 Å². The fourth-order valence-electron chi connectivity index (χ4n) is 2.13. The molecule has 1 aromatic rings. The van der Waals surface area contributed by atoms with Crippen molar-refractivity contribution in [3.05, 3.63) is 23.8 Å². The van der Waals surface area contributed by atoms with Gasteiger partial charge in [0.05, 0.1) is 20.8 Å². The van der Waals surface area contributed by atoms with Crippen molar-refractivity contribution in [3.8, 4) is 11.5 Å². The van der Waals surface area contributed by atoms with Gasteiger partial charge in [0.2, 0.25) is 5.91 Å². The minimum absolute atomic E-state index is 0. The van der Waals surface area contributed by atoms with Crippen molar-refractivity contribution in [2.75, 3.05) is 20.8 Å². The molecule has 1 N–H and O–H groups in total. The summed E-state index contributed by atoms with van der Waals surface area (Å²) in [6.45, 7) is 0.294. The van der Waals surface area contributed by atoms with Crippen molar-refractivity contribution < 1.29 is 72.3 Å². The topological polar surface area (TPSA) is 59.0 Å². The van der Waals surface area contributed by atoms with Crippen LogP contribution in [0.1, 0.15) is 19.3 Å². The van der Waals surface area contributed by atoms with Crippen LogP contribution in [0.15, 0.2) is 18.2 Å². The molecular formula is C12H16KNO4. The van der Waals surface area contributed by atoms with Crippen LogP contribution in [0.4, 0.5) is 0 Å². The number of amides is 1. The maximum Gasteiger partial charge on any atom is 1.00 e.